The van der Waals surface area contributed by atoms with Crippen LogP contribution < -0.4 is 0 Å². The summed E-state index contributed by atoms with van der Waals surface area (Å²) in [6, 6.07) is 4.28. The average Bonchev–Trinajstić information content (AvgIpc) is 2.20. The van der Waals surface area contributed by atoms with Crippen LogP contribution in [0.3, 0.4) is 0 Å². The van der Waals surface area contributed by atoms with Gasteiger partial charge in [0, 0.05) is 17.9 Å². The molecule has 0 atom stereocenters. The number of hydrogen-bond donors (Lipinski definition) is 0. The van der Waals surface area contributed by atoms with E-state index in [0.717, 1.165) is 0 Å². The molecule has 1 nitrogen and oxygen atoms in total. The van der Waals surface area contributed by atoms with Crippen LogP contribution in [0.2, 0.25) is 0 Å². The van der Waals surface area contributed by atoms with Gasteiger partial charge in [0.15, 0.2) is 6.29 Å². The van der Waals surface area contributed by atoms with Crippen molar-refractivity contribution in [2.75, 3.05) is 5.88 Å². The van der Waals surface area contributed by atoms with E-state index < -0.39 is 5.82 Å². The van der Waals surface area contributed by atoms with Crippen molar-refractivity contribution in [1.29, 1.82) is 0 Å². The number of alkyl halides is 1. The van der Waals surface area contributed by atoms with Crippen molar-refractivity contribution in [2.45, 2.75) is 6.42 Å². The van der Waals surface area contributed by atoms with Gasteiger partial charge in [0.2, 0.25) is 0 Å². The lowest BCUT2D eigenvalue weighted by molar-refractivity contribution is 0.112. The third-order valence-corrected chi connectivity index (χ3v) is 1.79. The van der Waals surface area contributed by atoms with Crippen molar-refractivity contribution in [2.24, 2.45) is 0 Å². The lowest BCUT2D eigenvalue weighted by Crippen LogP contribution is -1.91. The van der Waals surface area contributed by atoms with E-state index in [4.69, 9.17) is 11.6 Å². The molecule has 0 unspecified atom stereocenters. The number of halogens is 2. The summed E-state index contributed by atoms with van der Waals surface area (Å²) < 4.78 is 13.2. The zero-order valence-electron chi connectivity index (χ0n) is 7.39. The highest BCUT2D eigenvalue weighted by Gasteiger charge is 2.03. The van der Waals surface area contributed by atoms with E-state index in [1.165, 1.54) is 18.2 Å². The second kappa shape index (κ2) is 5.41. The Bertz CT molecular complexity index is 390. The van der Waals surface area contributed by atoms with Gasteiger partial charge in [0.25, 0.3) is 0 Å². The Balaban J connectivity index is 3.06. The Labute approximate surface area is 86.9 Å². The maximum absolute atomic E-state index is 13.2. The van der Waals surface area contributed by atoms with Gasteiger partial charge in [0.1, 0.15) is 5.82 Å². The van der Waals surface area contributed by atoms with Gasteiger partial charge < -0.3 is 0 Å². The first-order valence-electron chi connectivity index (χ1n) is 4.08. The molecule has 0 aromatic heterocycles. The van der Waals surface area contributed by atoms with Gasteiger partial charge >= 0.3 is 0 Å². The number of aldehydes is 1. The lowest BCUT2D eigenvalue weighted by Gasteiger charge is -1.96. The quantitative estimate of drug-likeness (QED) is 0.417. The molecule has 0 saturated carbocycles. The summed E-state index contributed by atoms with van der Waals surface area (Å²) in [4.78, 5) is 10.6. The fourth-order valence-corrected chi connectivity index (χ4v) is 1.06. The molecule has 0 aliphatic carbocycles. The molecule has 0 heterocycles. The highest BCUT2D eigenvalue weighted by Crippen LogP contribution is 2.10. The van der Waals surface area contributed by atoms with Crippen molar-refractivity contribution in [1.82, 2.24) is 0 Å². The first-order chi connectivity index (χ1) is 6.79. The van der Waals surface area contributed by atoms with Crippen LogP contribution in [0, 0.1) is 17.7 Å². The monoisotopic (exact) mass is 210 g/mol. The zero-order chi connectivity index (χ0) is 10.4. The molecule has 0 saturated heterocycles. The third kappa shape index (κ3) is 2.58. The number of carbonyl (C=O) groups excluding carboxylic acids is 1. The highest BCUT2D eigenvalue weighted by molar-refractivity contribution is 6.18. The van der Waals surface area contributed by atoms with E-state index in [-0.39, 0.29) is 11.1 Å². The Morgan fingerprint density at radius 2 is 2.29 bits per heavy atom. The summed E-state index contributed by atoms with van der Waals surface area (Å²) in [5.41, 5.74) is 0.416. The van der Waals surface area contributed by atoms with Crippen molar-refractivity contribution < 1.29 is 9.18 Å². The van der Waals surface area contributed by atoms with E-state index in [9.17, 15) is 9.18 Å². The summed E-state index contributed by atoms with van der Waals surface area (Å²) >= 11 is 5.42. The molecule has 0 spiro atoms. The van der Waals surface area contributed by atoms with Crippen LogP contribution in [-0.4, -0.2) is 12.2 Å². The molecule has 0 N–H and O–H groups in total. The maximum Gasteiger partial charge on any atom is 0.151 e. The van der Waals surface area contributed by atoms with Gasteiger partial charge in [-0.2, -0.15) is 0 Å². The van der Waals surface area contributed by atoms with Gasteiger partial charge in [-0.05, 0) is 6.07 Å². The van der Waals surface area contributed by atoms with Crippen molar-refractivity contribution in [3.8, 4) is 11.8 Å². The molecule has 0 radical (unpaired) electrons. The summed E-state index contributed by atoms with van der Waals surface area (Å²) in [5, 5.41) is 0. The molecular weight excluding hydrogens is 203 g/mol. The van der Waals surface area contributed by atoms with E-state index in [2.05, 4.69) is 11.8 Å². The Morgan fingerprint density at radius 3 is 2.93 bits per heavy atom. The summed E-state index contributed by atoms with van der Waals surface area (Å²) in [6.07, 6.45) is 1.07. The molecule has 0 aliphatic heterocycles. The molecular formula is C11H8ClFO. The first kappa shape index (κ1) is 10.7. The summed E-state index contributed by atoms with van der Waals surface area (Å²) in [6.45, 7) is 0. The van der Waals surface area contributed by atoms with Crippen molar-refractivity contribution >= 4 is 17.9 Å². The largest absolute Gasteiger partial charge is 0.298 e. The summed E-state index contributed by atoms with van der Waals surface area (Å²) in [7, 11) is 0. The predicted molar refractivity (Wildman–Crippen MR) is 54.0 cm³/mol. The topological polar surface area (TPSA) is 17.1 Å². The van der Waals surface area contributed by atoms with E-state index in [0.29, 0.717) is 18.6 Å². The zero-order valence-corrected chi connectivity index (χ0v) is 8.14. The minimum Gasteiger partial charge on any atom is -0.298 e. The molecule has 14 heavy (non-hydrogen) atoms. The predicted octanol–water partition coefficient (Wildman–Crippen LogP) is 2.62. The van der Waals surface area contributed by atoms with Gasteiger partial charge in [0.05, 0.1) is 5.56 Å². The van der Waals surface area contributed by atoms with Crippen molar-refractivity contribution in [3.05, 3.63) is 35.1 Å². The van der Waals surface area contributed by atoms with Gasteiger partial charge in [-0.1, -0.05) is 24.0 Å². The van der Waals surface area contributed by atoms with Crippen LogP contribution in [-0.2, 0) is 0 Å². The maximum atomic E-state index is 13.2. The molecule has 0 aliphatic rings. The Hall–Kier alpha value is -1.33. The lowest BCUT2D eigenvalue weighted by atomic mass is 10.1. The highest BCUT2D eigenvalue weighted by atomic mass is 35.5. The smallest absolute Gasteiger partial charge is 0.151 e. The van der Waals surface area contributed by atoms with Crippen LogP contribution in [0.5, 0.6) is 0 Å². The fourth-order valence-electron chi connectivity index (χ4n) is 0.969. The van der Waals surface area contributed by atoms with Crippen LogP contribution in [0.1, 0.15) is 22.3 Å². The molecule has 3 heteroatoms. The second-order valence-corrected chi connectivity index (χ2v) is 2.94. The molecule has 1 aromatic carbocycles. The van der Waals surface area contributed by atoms with Gasteiger partial charge in [-0.3, -0.25) is 4.79 Å². The Morgan fingerprint density at radius 1 is 1.50 bits per heavy atom. The molecule has 1 rings (SSSR count). The number of rotatable bonds is 2. The molecule has 0 bridgehead atoms. The summed E-state index contributed by atoms with van der Waals surface area (Å²) in [5.74, 6) is 5.20. The van der Waals surface area contributed by atoms with Crippen LogP contribution >= 0.6 is 11.6 Å². The molecule has 1 aromatic rings. The number of benzene rings is 1. The number of hydrogen-bond acceptors (Lipinski definition) is 1. The van der Waals surface area contributed by atoms with Crippen LogP contribution in [0.15, 0.2) is 18.2 Å². The van der Waals surface area contributed by atoms with E-state index in [1.807, 2.05) is 0 Å². The SMILES string of the molecule is O=Cc1cccc(F)c1C#CCCCl. The molecule has 0 amide bonds. The molecule has 72 valence electrons. The van der Waals surface area contributed by atoms with E-state index >= 15 is 0 Å². The van der Waals surface area contributed by atoms with Crippen LogP contribution in [0.4, 0.5) is 4.39 Å². The second-order valence-electron chi connectivity index (χ2n) is 2.56. The van der Waals surface area contributed by atoms with Crippen LogP contribution in [0.25, 0.3) is 0 Å². The average molecular weight is 211 g/mol. The number of carbonyl (C=O) groups is 1. The third-order valence-electron chi connectivity index (χ3n) is 1.61. The standard InChI is InChI=1S/C11H8ClFO/c12-7-2-1-5-10-9(8-14)4-3-6-11(10)13/h3-4,6,8H,2,7H2. The minimum atomic E-state index is -0.475. The fraction of sp³-hybridized carbons (Fsp3) is 0.182. The Kier molecular flexibility index (Phi) is 4.15. The van der Waals surface area contributed by atoms with Gasteiger partial charge in [-0.15, -0.1) is 11.6 Å². The molecule has 0 fully saturated rings. The van der Waals surface area contributed by atoms with Crippen molar-refractivity contribution in [3.63, 3.8) is 0 Å². The minimum absolute atomic E-state index is 0.146. The first-order valence-corrected chi connectivity index (χ1v) is 4.61. The normalized spacial score (nSPS) is 9.00. The van der Waals surface area contributed by atoms with E-state index in [1.54, 1.807) is 0 Å². The van der Waals surface area contributed by atoms with Gasteiger partial charge in [-0.25, -0.2) is 4.39 Å².